The second kappa shape index (κ2) is 12.1. The minimum atomic E-state index is -0.0873. The highest BCUT2D eigenvalue weighted by molar-refractivity contribution is 5.89. The molecule has 0 aliphatic carbocycles. The second-order valence-corrected chi connectivity index (χ2v) is 7.15. The summed E-state index contributed by atoms with van der Waals surface area (Å²) in [5, 5.41) is 2.95. The molecule has 1 N–H and O–H groups in total. The molecule has 2 aromatic carbocycles. The largest absolute Gasteiger partial charge is 0.497 e. The molecule has 1 heterocycles. The fourth-order valence-corrected chi connectivity index (χ4v) is 3.27. The fourth-order valence-electron chi connectivity index (χ4n) is 3.27. The molecule has 3 rings (SSSR count). The molecule has 0 fully saturated rings. The number of pyridine rings is 1. The Morgan fingerprint density at radius 2 is 1.84 bits per heavy atom. The number of allylic oxidation sites excluding steroid dienone is 2. The molecule has 31 heavy (non-hydrogen) atoms. The number of amides is 1. The number of aromatic nitrogens is 1. The third kappa shape index (κ3) is 7.27. The third-order valence-electron chi connectivity index (χ3n) is 4.89. The lowest BCUT2D eigenvalue weighted by Crippen LogP contribution is -2.22. The van der Waals surface area contributed by atoms with Gasteiger partial charge in [0.05, 0.1) is 7.11 Å². The van der Waals surface area contributed by atoms with Gasteiger partial charge in [-0.15, -0.1) is 0 Å². The number of methoxy groups -OCH3 is 1. The van der Waals surface area contributed by atoms with Crippen LogP contribution in [0.25, 0.3) is 5.57 Å². The van der Waals surface area contributed by atoms with E-state index in [1.54, 1.807) is 25.5 Å². The maximum atomic E-state index is 12.2. The van der Waals surface area contributed by atoms with Gasteiger partial charge in [-0.3, -0.25) is 9.78 Å². The van der Waals surface area contributed by atoms with Crippen LogP contribution in [-0.4, -0.2) is 24.5 Å². The molecule has 0 radical (unpaired) electrons. The van der Waals surface area contributed by atoms with Crippen molar-refractivity contribution in [2.24, 2.45) is 0 Å². The molecule has 0 bridgehead atoms. The van der Waals surface area contributed by atoms with Crippen LogP contribution in [0.15, 0.2) is 97.4 Å². The molecular weight excluding hydrogens is 384 g/mol. The molecule has 1 amide bonds. The van der Waals surface area contributed by atoms with Crippen molar-refractivity contribution in [1.82, 2.24) is 10.3 Å². The zero-order valence-corrected chi connectivity index (χ0v) is 17.8. The van der Waals surface area contributed by atoms with Crippen molar-refractivity contribution < 1.29 is 9.53 Å². The number of nitrogens with zero attached hydrogens (tertiary/aromatic N) is 1. The quantitative estimate of drug-likeness (QED) is 0.282. The van der Waals surface area contributed by atoms with Crippen molar-refractivity contribution >= 4 is 11.5 Å². The van der Waals surface area contributed by atoms with Gasteiger partial charge in [-0.1, -0.05) is 60.7 Å². The van der Waals surface area contributed by atoms with Gasteiger partial charge >= 0.3 is 0 Å². The minimum absolute atomic E-state index is 0.0873. The maximum Gasteiger partial charge on any atom is 0.243 e. The number of benzene rings is 2. The Kier molecular flexibility index (Phi) is 8.62. The molecule has 158 valence electrons. The van der Waals surface area contributed by atoms with Crippen molar-refractivity contribution in [3.63, 3.8) is 0 Å². The van der Waals surface area contributed by atoms with Crippen LogP contribution in [0.4, 0.5) is 0 Å². The number of hydrogen-bond donors (Lipinski definition) is 1. The van der Waals surface area contributed by atoms with Crippen LogP contribution in [0.3, 0.4) is 0 Å². The van der Waals surface area contributed by atoms with Crippen LogP contribution < -0.4 is 10.1 Å². The smallest absolute Gasteiger partial charge is 0.243 e. The SMILES string of the molecule is COc1cccc(/C(=C/C=C/C(=O)NCCCCc2cccnc2)c2ccccc2)c1. The number of ether oxygens (including phenoxy) is 1. The van der Waals surface area contributed by atoms with E-state index in [-0.39, 0.29) is 5.91 Å². The minimum Gasteiger partial charge on any atom is -0.497 e. The predicted octanol–water partition coefficient (Wildman–Crippen LogP) is 5.22. The molecule has 0 aliphatic heterocycles. The summed E-state index contributed by atoms with van der Waals surface area (Å²) in [6.45, 7) is 0.661. The van der Waals surface area contributed by atoms with E-state index < -0.39 is 0 Å². The van der Waals surface area contributed by atoms with Crippen molar-refractivity contribution in [3.05, 3.63) is 114 Å². The van der Waals surface area contributed by atoms with Gasteiger partial charge in [0.2, 0.25) is 5.91 Å². The highest BCUT2D eigenvalue weighted by Gasteiger charge is 2.05. The maximum absolute atomic E-state index is 12.2. The Bertz CT molecular complexity index is 1010. The Morgan fingerprint density at radius 3 is 2.61 bits per heavy atom. The van der Waals surface area contributed by atoms with Crippen molar-refractivity contribution in [1.29, 1.82) is 0 Å². The number of aryl methyl sites for hydroxylation is 1. The van der Waals surface area contributed by atoms with Gasteiger partial charge in [0.25, 0.3) is 0 Å². The van der Waals surface area contributed by atoms with Crippen molar-refractivity contribution in [2.45, 2.75) is 19.3 Å². The van der Waals surface area contributed by atoms with E-state index in [4.69, 9.17) is 4.74 Å². The molecular formula is C27H28N2O2. The van der Waals surface area contributed by atoms with Gasteiger partial charge in [0, 0.05) is 25.0 Å². The first-order chi connectivity index (χ1) is 15.3. The third-order valence-corrected chi connectivity index (χ3v) is 4.89. The Hall–Kier alpha value is -3.66. The lowest BCUT2D eigenvalue weighted by Gasteiger charge is -2.09. The van der Waals surface area contributed by atoms with Crippen LogP contribution in [-0.2, 0) is 11.2 Å². The monoisotopic (exact) mass is 412 g/mol. The summed E-state index contributed by atoms with van der Waals surface area (Å²) < 4.78 is 5.36. The zero-order chi connectivity index (χ0) is 21.7. The Labute approximate surface area is 184 Å². The first-order valence-electron chi connectivity index (χ1n) is 10.5. The average Bonchev–Trinajstić information content (AvgIpc) is 2.83. The lowest BCUT2D eigenvalue weighted by atomic mass is 9.97. The van der Waals surface area contributed by atoms with Gasteiger partial charge in [-0.05, 0) is 59.7 Å². The van der Waals surface area contributed by atoms with Gasteiger partial charge < -0.3 is 10.1 Å². The summed E-state index contributed by atoms with van der Waals surface area (Å²) in [5.41, 5.74) is 4.37. The van der Waals surface area contributed by atoms with Crippen LogP contribution in [0.2, 0.25) is 0 Å². The van der Waals surface area contributed by atoms with Gasteiger partial charge in [-0.25, -0.2) is 0 Å². The van der Waals surface area contributed by atoms with E-state index >= 15 is 0 Å². The van der Waals surface area contributed by atoms with Crippen molar-refractivity contribution in [2.75, 3.05) is 13.7 Å². The van der Waals surface area contributed by atoms with E-state index in [9.17, 15) is 4.79 Å². The van der Waals surface area contributed by atoms with E-state index in [1.165, 1.54) is 5.56 Å². The highest BCUT2D eigenvalue weighted by atomic mass is 16.5. The molecule has 0 spiro atoms. The van der Waals surface area contributed by atoms with Gasteiger partial charge in [0.15, 0.2) is 0 Å². The Morgan fingerprint density at radius 1 is 1.00 bits per heavy atom. The molecule has 0 aliphatic rings. The summed E-state index contributed by atoms with van der Waals surface area (Å²) in [6.07, 6.45) is 11.9. The predicted molar refractivity (Wildman–Crippen MR) is 126 cm³/mol. The summed E-state index contributed by atoms with van der Waals surface area (Å²) in [4.78, 5) is 16.3. The van der Waals surface area contributed by atoms with Crippen LogP contribution in [0.5, 0.6) is 5.75 Å². The number of unbranched alkanes of at least 4 members (excludes halogenated alkanes) is 1. The molecule has 4 nitrogen and oxygen atoms in total. The first kappa shape index (κ1) is 22.0. The van der Waals surface area contributed by atoms with E-state index in [0.29, 0.717) is 6.54 Å². The fraction of sp³-hybridized carbons (Fsp3) is 0.185. The molecule has 4 heteroatoms. The first-order valence-corrected chi connectivity index (χ1v) is 10.5. The number of carbonyl (C=O) groups excluding carboxylic acids is 1. The highest BCUT2D eigenvalue weighted by Crippen LogP contribution is 2.26. The van der Waals surface area contributed by atoms with Gasteiger partial charge in [0.1, 0.15) is 5.75 Å². The molecule has 0 saturated carbocycles. The lowest BCUT2D eigenvalue weighted by molar-refractivity contribution is -0.116. The summed E-state index contributed by atoms with van der Waals surface area (Å²) in [7, 11) is 1.66. The van der Waals surface area contributed by atoms with Crippen LogP contribution >= 0.6 is 0 Å². The van der Waals surface area contributed by atoms with Crippen LogP contribution in [0.1, 0.15) is 29.5 Å². The number of hydrogen-bond acceptors (Lipinski definition) is 3. The van der Waals surface area contributed by atoms with E-state index in [2.05, 4.69) is 28.5 Å². The average molecular weight is 413 g/mol. The standard InChI is InChI=1S/C27H28N2O2/c1-31-25-15-7-14-24(20-25)26(23-12-3-2-4-13-23)16-8-17-27(30)29-19-6-5-10-22-11-9-18-28-21-22/h2-4,7-9,11-18,20-21H,5-6,10,19H2,1H3,(H,29,30)/b17-8+,26-16+. The molecule has 0 atom stereocenters. The Balaban J connectivity index is 1.57. The van der Waals surface area contributed by atoms with Crippen molar-refractivity contribution in [3.8, 4) is 5.75 Å². The summed E-state index contributed by atoms with van der Waals surface area (Å²) in [5.74, 6) is 0.711. The normalized spacial score (nSPS) is 11.5. The zero-order valence-electron chi connectivity index (χ0n) is 17.8. The molecule has 1 aromatic heterocycles. The van der Waals surface area contributed by atoms with E-state index in [0.717, 1.165) is 41.7 Å². The summed E-state index contributed by atoms with van der Waals surface area (Å²) in [6, 6.07) is 22.1. The summed E-state index contributed by atoms with van der Waals surface area (Å²) >= 11 is 0. The topological polar surface area (TPSA) is 51.2 Å². The number of nitrogens with one attached hydrogen (secondary N) is 1. The molecule has 0 unspecified atom stereocenters. The molecule has 3 aromatic rings. The second-order valence-electron chi connectivity index (χ2n) is 7.15. The van der Waals surface area contributed by atoms with E-state index in [1.807, 2.05) is 60.8 Å². The number of rotatable bonds is 10. The van der Waals surface area contributed by atoms with Crippen LogP contribution in [0, 0.1) is 0 Å². The molecule has 0 saturated heterocycles. The number of carbonyl (C=O) groups is 1. The van der Waals surface area contributed by atoms with Gasteiger partial charge in [-0.2, -0.15) is 0 Å².